The Morgan fingerprint density at radius 3 is 3.00 bits per heavy atom. The van der Waals surface area contributed by atoms with Crippen LogP contribution in [-0.4, -0.2) is 13.1 Å². The number of ether oxygens (including phenoxy) is 1. The van der Waals surface area contributed by atoms with Crippen LogP contribution in [0.4, 0.5) is 0 Å². The second kappa shape index (κ2) is 3.84. The van der Waals surface area contributed by atoms with E-state index in [1.165, 1.54) is 23.8 Å². The van der Waals surface area contributed by atoms with Crippen LogP contribution in [0, 0.1) is 12.3 Å². The van der Waals surface area contributed by atoms with Crippen molar-refractivity contribution >= 4 is 5.97 Å². The van der Waals surface area contributed by atoms with Crippen molar-refractivity contribution in [3.63, 3.8) is 0 Å². The highest BCUT2D eigenvalue weighted by atomic mass is 16.5. The highest BCUT2D eigenvalue weighted by Gasteiger charge is 2.50. The van der Waals surface area contributed by atoms with E-state index in [9.17, 15) is 4.79 Å². The summed E-state index contributed by atoms with van der Waals surface area (Å²) in [6, 6.07) is 6.29. The van der Waals surface area contributed by atoms with Gasteiger partial charge in [0.15, 0.2) is 0 Å². The first-order valence-electron chi connectivity index (χ1n) is 6.22. The molecule has 2 aliphatic rings. The number of allylic oxidation sites excluding steroid dienone is 3. The van der Waals surface area contributed by atoms with Crippen molar-refractivity contribution in [2.45, 2.75) is 19.3 Å². The van der Waals surface area contributed by atoms with Crippen LogP contribution >= 0.6 is 0 Å². The number of hydrogen-bond acceptors (Lipinski definition) is 2. The molecule has 2 nitrogen and oxygen atoms in total. The molecule has 1 aromatic rings. The Morgan fingerprint density at radius 1 is 1.39 bits per heavy atom. The third kappa shape index (κ3) is 1.32. The van der Waals surface area contributed by atoms with Crippen molar-refractivity contribution in [3.8, 4) is 0 Å². The number of fused-ring (bicyclic) bond motifs is 3. The lowest BCUT2D eigenvalue weighted by atomic mass is 9.73. The first-order valence-corrected chi connectivity index (χ1v) is 6.22. The van der Waals surface area contributed by atoms with Crippen LogP contribution in [0.3, 0.4) is 0 Å². The summed E-state index contributed by atoms with van der Waals surface area (Å²) in [6.07, 6.45) is 8.84. The summed E-state index contributed by atoms with van der Waals surface area (Å²) in [7, 11) is 1.47. The number of carbonyl (C=O) groups is 1. The van der Waals surface area contributed by atoms with E-state index in [4.69, 9.17) is 4.74 Å². The summed E-state index contributed by atoms with van der Waals surface area (Å²) in [5.74, 6) is -0.0187. The van der Waals surface area contributed by atoms with Gasteiger partial charge in [-0.25, -0.2) is 0 Å². The van der Waals surface area contributed by atoms with E-state index >= 15 is 0 Å². The van der Waals surface area contributed by atoms with Gasteiger partial charge in [-0.15, -0.1) is 0 Å². The Hall–Kier alpha value is -1.83. The summed E-state index contributed by atoms with van der Waals surface area (Å²) in [6.45, 7) is 2.11. The maximum absolute atomic E-state index is 12.2. The molecule has 1 aromatic carbocycles. The quantitative estimate of drug-likeness (QED) is 0.705. The van der Waals surface area contributed by atoms with Crippen LogP contribution in [0.15, 0.2) is 42.5 Å². The average Bonchev–Trinajstić information content (AvgIpc) is 2.74. The van der Waals surface area contributed by atoms with E-state index in [0.29, 0.717) is 0 Å². The maximum Gasteiger partial charge on any atom is 0.316 e. The lowest BCUT2D eigenvalue weighted by Crippen LogP contribution is -2.35. The number of carbonyl (C=O) groups excluding carboxylic acids is 1. The van der Waals surface area contributed by atoms with Crippen LogP contribution in [0.5, 0.6) is 0 Å². The molecule has 0 radical (unpaired) electrons. The zero-order valence-electron chi connectivity index (χ0n) is 10.6. The van der Waals surface area contributed by atoms with Crippen molar-refractivity contribution in [2.24, 2.45) is 5.41 Å². The Bertz CT molecular complexity index is 568. The third-order valence-electron chi connectivity index (χ3n) is 4.14. The second-order valence-electron chi connectivity index (χ2n) is 5.08. The Labute approximate surface area is 107 Å². The summed E-state index contributed by atoms with van der Waals surface area (Å²) >= 11 is 0. The molecular weight excluding hydrogens is 224 g/mol. The average molecular weight is 240 g/mol. The van der Waals surface area contributed by atoms with Gasteiger partial charge in [-0.3, -0.25) is 4.79 Å². The zero-order chi connectivity index (χ0) is 12.8. The van der Waals surface area contributed by atoms with E-state index in [0.717, 1.165) is 6.42 Å². The standard InChI is InChI=1S/C16H16O2/c1-11-6-5-7-12-10-16(15(17)18-2)9-4-3-8-13(16)14(11)12/h3-9,13H,10H2,1-2H3/t13-,16-/m0/s1. The van der Waals surface area contributed by atoms with E-state index in [2.05, 4.69) is 31.2 Å². The lowest BCUT2D eigenvalue weighted by Gasteiger charge is -2.30. The molecule has 0 saturated carbocycles. The van der Waals surface area contributed by atoms with Gasteiger partial charge in [0.2, 0.25) is 0 Å². The molecule has 18 heavy (non-hydrogen) atoms. The third-order valence-corrected chi connectivity index (χ3v) is 4.14. The molecule has 0 amide bonds. The Balaban J connectivity index is 2.19. The predicted octanol–water partition coefficient (Wildman–Crippen LogP) is 2.92. The summed E-state index contributed by atoms with van der Waals surface area (Å²) in [4.78, 5) is 12.2. The second-order valence-corrected chi connectivity index (χ2v) is 5.08. The molecule has 0 bridgehead atoms. The molecule has 3 rings (SSSR count). The number of hydrogen-bond donors (Lipinski definition) is 0. The highest BCUT2D eigenvalue weighted by molar-refractivity contribution is 5.84. The van der Waals surface area contributed by atoms with E-state index in [1.807, 2.05) is 18.2 Å². The smallest absolute Gasteiger partial charge is 0.316 e. The fourth-order valence-corrected chi connectivity index (χ4v) is 3.31. The van der Waals surface area contributed by atoms with Gasteiger partial charge in [-0.05, 0) is 30.0 Å². The molecule has 2 heteroatoms. The van der Waals surface area contributed by atoms with Gasteiger partial charge >= 0.3 is 5.97 Å². The molecular formula is C16H16O2. The molecule has 2 aliphatic carbocycles. The van der Waals surface area contributed by atoms with E-state index in [-0.39, 0.29) is 11.9 Å². The number of rotatable bonds is 1. The normalized spacial score (nSPS) is 27.8. The van der Waals surface area contributed by atoms with Gasteiger partial charge in [0.25, 0.3) is 0 Å². The highest BCUT2D eigenvalue weighted by Crippen LogP contribution is 2.52. The fourth-order valence-electron chi connectivity index (χ4n) is 3.31. The van der Waals surface area contributed by atoms with Gasteiger partial charge in [-0.2, -0.15) is 0 Å². The van der Waals surface area contributed by atoms with Crippen molar-refractivity contribution < 1.29 is 9.53 Å². The van der Waals surface area contributed by atoms with Crippen molar-refractivity contribution in [3.05, 3.63) is 59.2 Å². The Morgan fingerprint density at radius 2 is 2.22 bits per heavy atom. The molecule has 92 valence electrons. The number of benzene rings is 1. The lowest BCUT2D eigenvalue weighted by molar-refractivity contribution is -0.150. The molecule has 2 atom stereocenters. The number of esters is 1. The number of methoxy groups -OCH3 is 1. The first kappa shape index (κ1) is 11.3. The molecule has 0 aromatic heterocycles. The molecule has 0 saturated heterocycles. The molecule has 0 spiro atoms. The Kier molecular flexibility index (Phi) is 2.40. The SMILES string of the molecule is COC(=O)[C@]12C=CC=C[C@H]1c1c(C)cccc1C2. The molecule has 0 fully saturated rings. The first-order chi connectivity index (χ1) is 8.69. The molecule has 0 N–H and O–H groups in total. The van der Waals surface area contributed by atoms with Crippen LogP contribution in [0.1, 0.15) is 22.6 Å². The van der Waals surface area contributed by atoms with E-state index < -0.39 is 5.41 Å². The van der Waals surface area contributed by atoms with Gasteiger partial charge in [0, 0.05) is 5.92 Å². The minimum absolute atomic E-state index is 0.117. The summed E-state index contributed by atoms with van der Waals surface area (Å²) in [5.41, 5.74) is 3.28. The minimum atomic E-state index is -0.530. The van der Waals surface area contributed by atoms with Crippen LogP contribution in [0.2, 0.25) is 0 Å². The predicted molar refractivity (Wildman–Crippen MR) is 70.4 cm³/mol. The van der Waals surface area contributed by atoms with Crippen molar-refractivity contribution in [1.82, 2.24) is 0 Å². The molecule has 0 unspecified atom stereocenters. The zero-order valence-corrected chi connectivity index (χ0v) is 10.6. The van der Waals surface area contributed by atoms with Crippen LogP contribution in [-0.2, 0) is 16.0 Å². The van der Waals surface area contributed by atoms with Gasteiger partial charge in [0.05, 0.1) is 7.11 Å². The molecule has 0 aliphatic heterocycles. The van der Waals surface area contributed by atoms with Crippen LogP contribution in [0.25, 0.3) is 0 Å². The van der Waals surface area contributed by atoms with Crippen molar-refractivity contribution in [1.29, 1.82) is 0 Å². The van der Waals surface area contributed by atoms with Gasteiger partial charge in [-0.1, -0.05) is 42.5 Å². The van der Waals surface area contributed by atoms with Crippen molar-refractivity contribution in [2.75, 3.05) is 7.11 Å². The monoisotopic (exact) mass is 240 g/mol. The maximum atomic E-state index is 12.2. The van der Waals surface area contributed by atoms with E-state index in [1.54, 1.807) is 0 Å². The largest absolute Gasteiger partial charge is 0.468 e. The topological polar surface area (TPSA) is 26.3 Å². The van der Waals surface area contributed by atoms with Crippen LogP contribution < -0.4 is 0 Å². The van der Waals surface area contributed by atoms with Gasteiger partial charge < -0.3 is 4.74 Å². The summed E-state index contributed by atoms with van der Waals surface area (Å²) < 4.78 is 5.04. The summed E-state index contributed by atoms with van der Waals surface area (Å²) in [5, 5.41) is 0. The fraction of sp³-hybridized carbons (Fsp3) is 0.312. The minimum Gasteiger partial charge on any atom is -0.468 e. The molecule has 0 heterocycles. The van der Waals surface area contributed by atoms with Gasteiger partial charge in [0.1, 0.15) is 5.41 Å². The number of aryl methyl sites for hydroxylation is 1.